The fourth-order valence-electron chi connectivity index (χ4n) is 2.01. The van der Waals surface area contributed by atoms with Crippen molar-refractivity contribution in [2.24, 2.45) is 0 Å². The van der Waals surface area contributed by atoms with Gasteiger partial charge in [0.2, 0.25) is 0 Å². The van der Waals surface area contributed by atoms with Gasteiger partial charge in [0, 0.05) is 11.4 Å². The van der Waals surface area contributed by atoms with E-state index in [0.29, 0.717) is 11.4 Å². The minimum Gasteiger partial charge on any atom is -0.477 e. The zero-order valence-electron chi connectivity index (χ0n) is 11.9. The lowest BCUT2D eigenvalue weighted by Gasteiger charge is -2.08. The Morgan fingerprint density at radius 1 is 1.24 bits per heavy atom. The predicted molar refractivity (Wildman–Crippen MR) is 81.0 cm³/mol. The van der Waals surface area contributed by atoms with Gasteiger partial charge in [-0.2, -0.15) is 0 Å². The maximum atomic E-state index is 11.9. The topological polar surface area (TPSA) is 94.2 Å². The molecule has 0 unspecified atom stereocenters. The molecule has 1 aromatic carbocycles. The van der Waals surface area contributed by atoms with Gasteiger partial charge in [-0.3, -0.25) is 0 Å². The van der Waals surface area contributed by atoms with Gasteiger partial charge >= 0.3 is 12.0 Å². The number of benzene rings is 1. The number of H-pyrrole nitrogens is 1. The Kier molecular flexibility index (Phi) is 4.27. The molecule has 2 aromatic rings. The number of hydrogen-bond acceptors (Lipinski definition) is 2. The van der Waals surface area contributed by atoms with Gasteiger partial charge in [-0.05, 0) is 37.1 Å². The Balaban J connectivity index is 2.09. The van der Waals surface area contributed by atoms with Gasteiger partial charge < -0.3 is 20.7 Å². The standard InChI is InChI=1S/C15H17N3O3/c1-3-10-5-4-6-11(8-10)17-15(21)18-12-7-9(2)16-13(12)14(19)20/h4-8,16H,3H2,1-2H3,(H,19,20)(H2,17,18,21). The molecule has 0 spiro atoms. The fraction of sp³-hybridized carbons (Fsp3) is 0.200. The number of aromatic nitrogens is 1. The predicted octanol–water partition coefficient (Wildman–Crippen LogP) is 3.23. The molecule has 0 aliphatic carbocycles. The quantitative estimate of drug-likeness (QED) is 0.695. The number of carbonyl (C=O) groups excluding carboxylic acids is 1. The number of hydrogen-bond donors (Lipinski definition) is 4. The molecule has 0 radical (unpaired) electrons. The van der Waals surface area contributed by atoms with E-state index in [4.69, 9.17) is 5.11 Å². The molecular formula is C15H17N3O3. The van der Waals surface area contributed by atoms with Gasteiger partial charge in [-0.1, -0.05) is 19.1 Å². The average Bonchev–Trinajstić information content (AvgIpc) is 2.79. The summed E-state index contributed by atoms with van der Waals surface area (Å²) in [5, 5.41) is 14.3. The maximum absolute atomic E-state index is 11.9. The second-order valence-corrected chi connectivity index (χ2v) is 4.68. The molecule has 110 valence electrons. The van der Waals surface area contributed by atoms with E-state index in [1.165, 1.54) is 0 Å². The molecule has 2 amide bonds. The van der Waals surface area contributed by atoms with Crippen molar-refractivity contribution < 1.29 is 14.7 Å². The van der Waals surface area contributed by atoms with E-state index in [0.717, 1.165) is 12.0 Å². The first-order valence-corrected chi connectivity index (χ1v) is 6.59. The Labute approximate surface area is 122 Å². The van der Waals surface area contributed by atoms with E-state index in [9.17, 15) is 9.59 Å². The Bertz CT molecular complexity index is 677. The summed E-state index contributed by atoms with van der Waals surface area (Å²) in [5.74, 6) is -1.12. The van der Waals surface area contributed by atoms with E-state index in [1.54, 1.807) is 19.1 Å². The summed E-state index contributed by atoms with van der Waals surface area (Å²) in [6.07, 6.45) is 0.872. The number of amides is 2. The molecule has 0 saturated heterocycles. The first-order valence-electron chi connectivity index (χ1n) is 6.59. The number of anilines is 2. The van der Waals surface area contributed by atoms with Crippen molar-refractivity contribution in [3.63, 3.8) is 0 Å². The van der Waals surface area contributed by atoms with Gasteiger partial charge in [0.25, 0.3) is 0 Å². The molecule has 6 heteroatoms. The minimum absolute atomic E-state index is 0.0371. The van der Waals surface area contributed by atoms with Crippen molar-refractivity contribution in [1.82, 2.24) is 4.98 Å². The highest BCUT2D eigenvalue weighted by atomic mass is 16.4. The number of aryl methyl sites for hydroxylation is 2. The maximum Gasteiger partial charge on any atom is 0.354 e. The van der Waals surface area contributed by atoms with Crippen LogP contribution in [0.5, 0.6) is 0 Å². The zero-order valence-corrected chi connectivity index (χ0v) is 11.9. The van der Waals surface area contributed by atoms with Gasteiger partial charge in [0.1, 0.15) is 5.69 Å². The van der Waals surface area contributed by atoms with Crippen molar-refractivity contribution in [3.05, 3.63) is 47.3 Å². The van der Waals surface area contributed by atoms with Crippen molar-refractivity contribution in [1.29, 1.82) is 0 Å². The molecule has 4 N–H and O–H groups in total. The van der Waals surface area contributed by atoms with Crippen LogP contribution in [-0.4, -0.2) is 22.1 Å². The van der Waals surface area contributed by atoms with Crippen LogP contribution < -0.4 is 10.6 Å². The first kappa shape index (κ1) is 14.6. The lowest BCUT2D eigenvalue weighted by atomic mass is 10.1. The van der Waals surface area contributed by atoms with Gasteiger partial charge in [-0.15, -0.1) is 0 Å². The van der Waals surface area contributed by atoms with Crippen molar-refractivity contribution >= 4 is 23.4 Å². The molecule has 2 rings (SSSR count). The van der Waals surface area contributed by atoms with Crippen molar-refractivity contribution in [2.75, 3.05) is 10.6 Å². The van der Waals surface area contributed by atoms with Crippen LogP contribution in [-0.2, 0) is 6.42 Å². The van der Waals surface area contributed by atoms with Gasteiger partial charge in [0.05, 0.1) is 5.69 Å². The smallest absolute Gasteiger partial charge is 0.354 e. The summed E-state index contributed by atoms with van der Waals surface area (Å²) in [4.78, 5) is 25.7. The molecule has 1 aromatic heterocycles. The fourth-order valence-corrected chi connectivity index (χ4v) is 2.01. The molecular weight excluding hydrogens is 270 g/mol. The summed E-state index contributed by atoms with van der Waals surface area (Å²) in [6, 6.07) is 8.58. The Morgan fingerprint density at radius 3 is 2.67 bits per heavy atom. The van der Waals surface area contributed by atoms with Crippen LogP contribution in [0, 0.1) is 6.92 Å². The van der Waals surface area contributed by atoms with Crippen LogP contribution in [0.1, 0.15) is 28.7 Å². The summed E-state index contributed by atoms with van der Waals surface area (Å²) in [5.41, 5.74) is 2.64. The van der Waals surface area contributed by atoms with E-state index < -0.39 is 12.0 Å². The highest BCUT2D eigenvalue weighted by Crippen LogP contribution is 2.18. The second-order valence-electron chi connectivity index (χ2n) is 4.68. The van der Waals surface area contributed by atoms with E-state index in [-0.39, 0.29) is 11.4 Å². The molecule has 6 nitrogen and oxygen atoms in total. The monoisotopic (exact) mass is 287 g/mol. The molecule has 0 atom stereocenters. The van der Waals surface area contributed by atoms with Gasteiger partial charge in [-0.25, -0.2) is 9.59 Å². The van der Waals surface area contributed by atoms with Crippen molar-refractivity contribution in [2.45, 2.75) is 20.3 Å². The third-order valence-electron chi connectivity index (χ3n) is 3.01. The minimum atomic E-state index is -1.12. The Morgan fingerprint density at radius 2 is 2.00 bits per heavy atom. The number of carboxylic acids is 1. The van der Waals surface area contributed by atoms with Crippen molar-refractivity contribution in [3.8, 4) is 0 Å². The van der Waals surface area contributed by atoms with E-state index in [1.807, 2.05) is 25.1 Å². The molecule has 0 bridgehead atoms. The molecule has 0 aliphatic rings. The van der Waals surface area contributed by atoms with Crippen LogP contribution in [0.15, 0.2) is 30.3 Å². The number of urea groups is 1. The first-order chi connectivity index (χ1) is 9.99. The Hall–Kier alpha value is -2.76. The van der Waals surface area contributed by atoms with Crippen LogP contribution in [0.4, 0.5) is 16.2 Å². The summed E-state index contributed by atoms with van der Waals surface area (Å²) in [7, 11) is 0. The highest BCUT2D eigenvalue weighted by Gasteiger charge is 2.15. The summed E-state index contributed by atoms with van der Waals surface area (Å²) in [6.45, 7) is 3.75. The number of nitrogens with one attached hydrogen (secondary N) is 3. The van der Waals surface area contributed by atoms with Crippen LogP contribution in [0.25, 0.3) is 0 Å². The van der Waals surface area contributed by atoms with Crippen LogP contribution in [0.2, 0.25) is 0 Å². The normalized spacial score (nSPS) is 10.2. The molecule has 0 saturated carbocycles. The van der Waals surface area contributed by atoms with Gasteiger partial charge in [0.15, 0.2) is 0 Å². The molecule has 0 fully saturated rings. The van der Waals surface area contributed by atoms with E-state index in [2.05, 4.69) is 15.6 Å². The summed E-state index contributed by atoms with van der Waals surface area (Å²) < 4.78 is 0. The number of carboxylic acid groups (broad SMARTS) is 1. The zero-order chi connectivity index (χ0) is 15.4. The number of rotatable bonds is 4. The number of carbonyl (C=O) groups is 2. The number of aromatic carboxylic acids is 1. The molecule has 1 heterocycles. The highest BCUT2D eigenvalue weighted by molar-refractivity contribution is 6.04. The van der Waals surface area contributed by atoms with Crippen LogP contribution in [0.3, 0.4) is 0 Å². The third kappa shape index (κ3) is 3.62. The van der Waals surface area contributed by atoms with E-state index >= 15 is 0 Å². The van der Waals surface area contributed by atoms with Crippen LogP contribution >= 0.6 is 0 Å². The third-order valence-corrected chi connectivity index (χ3v) is 3.01. The second kappa shape index (κ2) is 6.13. The summed E-state index contributed by atoms with van der Waals surface area (Å²) >= 11 is 0. The average molecular weight is 287 g/mol. The lowest BCUT2D eigenvalue weighted by Crippen LogP contribution is -2.20. The lowest BCUT2D eigenvalue weighted by molar-refractivity contribution is 0.0692. The largest absolute Gasteiger partial charge is 0.477 e. The SMILES string of the molecule is CCc1cccc(NC(=O)Nc2cc(C)[nH]c2C(=O)O)c1. The molecule has 21 heavy (non-hydrogen) atoms. The molecule has 0 aliphatic heterocycles. The number of aromatic amines is 1.